The monoisotopic (exact) mass is 425 g/mol. The van der Waals surface area contributed by atoms with Gasteiger partial charge in [0.25, 0.3) is 11.8 Å². The molecule has 0 unspecified atom stereocenters. The quantitative estimate of drug-likeness (QED) is 0.534. The fraction of sp³-hybridized carbons (Fsp3) is 0.600. The lowest BCUT2D eigenvalue weighted by Crippen LogP contribution is -2.45. The first kappa shape index (κ1) is 21.9. The van der Waals surface area contributed by atoms with E-state index in [2.05, 4.69) is 16.8 Å². The average molecular weight is 426 g/mol. The second kappa shape index (κ2) is 9.43. The zero-order valence-electron chi connectivity index (χ0n) is 19.1. The number of benzene rings is 1. The van der Waals surface area contributed by atoms with Crippen molar-refractivity contribution < 1.29 is 14.3 Å². The number of carbonyl (C=O) groups is 2. The number of carbonyl (C=O) groups excluding carboxylic acids is 2. The van der Waals surface area contributed by atoms with Gasteiger partial charge in [0.1, 0.15) is 11.4 Å². The summed E-state index contributed by atoms with van der Waals surface area (Å²) in [7, 11) is 5.76. The van der Waals surface area contributed by atoms with E-state index in [1.807, 2.05) is 31.3 Å². The first-order chi connectivity index (χ1) is 15.0. The van der Waals surface area contributed by atoms with E-state index in [-0.39, 0.29) is 23.9 Å². The molecule has 1 aromatic rings. The highest BCUT2D eigenvalue weighted by Crippen LogP contribution is 2.37. The summed E-state index contributed by atoms with van der Waals surface area (Å²) in [5.74, 6) is 0.507. The average Bonchev–Trinajstić information content (AvgIpc) is 2.94. The van der Waals surface area contributed by atoms with Crippen LogP contribution in [-0.2, 0) is 9.59 Å². The molecule has 2 amide bonds. The summed E-state index contributed by atoms with van der Waals surface area (Å²) >= 11 is 0. The molecule has 2 aliphatic heterocycles. The molecular weight excluding hydrogens is 390 g/mol. The predicted molar refractivity (Wildman–Crippen MR) is 122 cm³/mol. The second-order valence-corrected chi connectivity index (χ2v) is 9.22. The van der Waals surface area contributed by atoms with Gasteiger partial charge in [-0.3, -0.25) is 14.5 Å². The topological polar surface area (TPSA) is 53.1 Å². The Kier molecular flexibility index (Phi) is 6.65. The maximum atomic E-state index is 13.8. The lowest BCUT2D eigenvalue weighted by Gasteiger charge is -2.37. The van der Waals surface area contributed by atoms with Gasteiger partial charge in [0.15, 0.2) is 0 Å². The largest absolute Gasteiger partial charge is 0.497 e. The molecule has 6 heteroatoms. The minimum Gasteiger partial charge on any atom is -0.497 e. The summed E-state index contributed by atoms with van der Waals surface area (Å²) in [6.45, 7) is 2.02. The van der Waals surface area contributed by atoms with E-state index in [0.717, 1.165) is 62.9 Å². The number of likely N-dealkylation sites (N-methyl/N-ethyl adjacent to an activating group) is 1. The normalized spacial score (nSPS) is 22.2. The number of methoxy groups -OCH3 is 1. The van der Waals surface area contributed by atoms with Crippen LogP contribution in [0.3, 0.4) is 0 Å². The molecule has 0 atom stereocenters. The lowest BCUT2D eigenvalue weighted by atomic mass is 10.00. The minimum absolute atomic E-state index is 0.0131. The zero-order valence-corrected chi connectivity index (χ0v) is 19.1. The minimum atomic E-state index is -0.128. The lowest BCUT2D eigenvalue weighted by molar-refractivity contribution is -0.140. The number of nitrogens with zero attached hydrogens (tertiary/aromatic N) is 3. The molecule has 0 radical (unpaired) electrons. The summed E-state index contributed by atoms with van der Waals surface area (Å²) in [5.41, 5.74) is 1.93. The molecule has 0 N–H and O–H groups in total. The fourth-order valence-electron chi connectivity index (χ4n) is 5.29. The summed E-state index contributed by atoms with van der Waals surface area (Å²) in [5, 5.41) is 0. The van der Waals surface area contributed by atoms with Crippen LogP contribution in [0.25, 0.3) is 5.57 Å². The highest BCUT2D eigenvalue weighted by molar-refractivity contribution is 6.35. The third kappa shape index (κ3) is 4.36. The second-order valence-electron chi connectivity index (χ2n) is 9.22. The first-order valence-electron chi connectivity index (χ1n) is 11.7. The van der Waals surface area contributed by atoms with Crippen molar-refractivity contribution in [3.63, 3.8) is 0 Å². The summed E-state index contributed by atoms with van der Waals surface area (Å²) in [6, 6.07) is 7.81. The number of likely N-dealkylation sites (tertiary alicyclic amines) is 1. The van der Waals surface area contributed by atoms with Gasteiger partial charge in [0.05, 0.1) is 12.7 Å². The molecular formula is C25H35N3O3. The number of hydrogen-bond donors (Lipinski definition) is 0. The Bertz CT molecular complexity index is 832. The van der Waals surface area contributed by atoms with Crippen LogP contribution < -0.4 is 4.74 Å². The molecule has 2 heterocycles. The molecule has 0 bridgehead atoms. The molecule has 1 saturated carbocycles. The summed E-state index contributed by atoms with van der Waals surface area (Å²) < 4.78 is 5.30. The molecule has 0 aromatic heterocycles. The molecule has 3 aliphatic rings. The van der Waals surface area contributed by atoms with Gasteiger partial charge in [0.2, 0.25) is 0 Å². The number of ether oxygens (including phenoxy) is 1. The van der Waals surface area contributed by atoms with E-state index in [4.69, 9.17) is 4.74 Å². The van der Waals surface area contributed by atoms with Gasteiger partial charge >= 0.3 is 0 Å². The Morgan fingerprint density at radius 1 is 0.903 bits per heavy atom. The van der Waals surface area contributed by atoms with Crippen LogP contribution in [0.15, 0.2) is 30.0 Å². The maximum absolute atomic E-state index is 13.8. The Morgan fingerprint density at radius 2 is 1.52 bits per heavy atom. The van der Waals surface area contributed by atoms with E-state index in [1.54, 1.807) is 12.0 Å². The van der Waals surface area contributed by atoms with E-state index < -0.39 is 0 Å². The molecule has 168 valence electrons. The van der Waals surface area contributed by atoms with E-state index in [1.165, 1.54) is 12.8 Å². The molecule has 2 fully saturated rings. The van der Waals surface area contributed by atoms with Gasteiger partial charge < -0.3 is 14.5 Å². The van der Waals surface area contributed by atoms with Crippen molar-refractivity contribution in [3.8, 4) is 5.75 Å². The van der Waals surface area contributed by atoms with Crippen molar-refractivity contribution in [1.82, 2.24) is 14.7 Å². The third-order valence-electron chi connectivity index (χ3n) is 7.25. The third-order valence-corrected chi connectivity index (χ3v) is 7.25. The summed E-state index contributed by atoms with van der Waals surface area (Å²) in [4.78, 5) is 33.5. The zero-order chi connectivity index (χ0) is 22.0. The molecule has 6 nitrogen and oxygen atoms in total. The molecule has 1 aliphatic carbocycles. The first-order valence-corrected chi connectivity index (χ1v) is 11.7. The Morgan fingerprint density at radius 3 is 2.10 bits per heavy atom. The highest BCUT2D eigenvalue weighted by Gasteiger charge is 2.45. The molecule has 0 spiro atoms. The van der Waals surface area contributed by atoms with Gasteiger partial charge in [-0.05, 0) is 63.5 Å². The van der Waals surface area contributed by atoms with Crippen molar-refractivity contribution >= 4 is 17.4 Å². The van der Waals surface area contributed by atoms with Crippen molar-refractivity contribution in [2.75, 3.05) is 34.3 Å². The van der Waals surface area contributed by atoms with Crippen LogP contribution in [-0.4, -0.2) is 72.9 Å². The van der Waals surface area contributed by atoms with E-state index in [9.17, 15) is 9.59 Å². The smallest absolute Gasteiger partial charge is 0.278 e. The SMILES string of the molecule is COc1ccc(C2=C(N(C)C3CCN(C)CC3)C(=O)N(C3CCCCCC3)C2=O)cc1. The van der Waals surface area contributed by atoms with Crippen LogP contribution in [0.1, 0.15) is 56.9 Å². The number of rotatable bonds is 5. The van der Waals surface area contributed by atoms with Crippen LogP contribution in [0.5, 0.6) is 5.75 Å². The molecule has 1 aromatic carbocycles. The van der Waals surface area contributed by atoms with Gasteiger partial charge in [-0.25, -0.2) is 0 Å². The standard InChI is InChI=1S/C25H35N3O3/c1-26-16-14-19(15-17-26)27(2)23-22(18-10-12-21(31-3)13-11-18)24(29)28(25(23)30)20-8-6-4-5-7-9-20/h10-13,19-20H,4-9,14-17H2,1-3H3. The number of piperidine rings is 1. The highest BCUT2D eigenvalue weighted by atomic mass is 16.5. The van der Waals surface area contributed by atoms with Crippen LogP contribution in [0.4, 0.5) is 0 Å². The Labute approximate surface area is 185 Å². The molecule has 31 heavy (non-hydrogen) atoms. The Balaban J connectivity index is 1.71. The van der Waals surface area contributed by atoms with E-state index >= 15 is 0 Å². The van der Waals surface area contributed by atoms with Crippen LogP contribution in [0.2, 0.25) is 0 Å². The number of hydrogen-bond acceptors (Lipinski definition) is 5. The van der Waals surface area contributed by atoms with Crippen molar-refractivity contribution in [2.24, 2.45) is 0 Å². The van der Waals surface area contributed by atoms with Crippen molar-refractivity contribution in [2.45, 2.75) is 63.5 Å². The molecule has 4 rings (SSSR count). The van der Waals surface area contributed by atoms with Gasteiger partial charge in [0, 0.05) is 19.1 Å². The number of imide groups is 1. The maximum Gasteiger partial charge on any atom is 0.278 e. The predicted octanol–water partition coefficient (Wildman–Crippen LogP) is 3.52. The molecule has 1 saturated heterocycles. The van der Waals surface area contributed by atoms with Gasteiger partial charge in [-0.15, -0.1) is 0 Å². The number of amides is 2. The van der Waals surface area contributed by atoms with Gasteiger partial charge in [-0.2, -0.15) is 0 Å². The van der Waals surface area contributed by atoms with Crippen molar-refractivity contribution in [3.05, 3.63) is 35.5 Å². The fourth-order valence-corrected chi connectivity index (χ4v) is 5.29. The van der Waals surface area contributed by atoms with Crippen LogP contribution in [0, 0.1) is 0 Å². The van der Waals surface area contributed by atoms with E-state index in [0.29, 0.717) is 11.3 Å². The van der Waals surface area contributed by atoms with Gasteiger partial charge in [-0.1, -0.05) is 37.8 Å². The summed E-state index contributed by atoms with van der Waals surface area (Å²) in [6.07, 6.45) is 8.37. The van der Waals surface area contributed by atoms with Crippen molar-refractivity contribution in [1.29, 1.82) is 0 Å². The van der Waals surface area contributed by atoms with Crippen LogP contribution >= 0.6 is 0 Å². The Hall–Kier alpha value is -2.34.